The smallest absolute Gasteiger partial charge is 0.198 e. The van der Waals surface area contributed by atoms with E-state index in [9.17, 15) is 4.79 Å². The highest BCUT2D eigenvalue weighted by Crippen LogP contribution is 2.43. The molecule has 0 unspecified atom stereocenters. The van der Waals surface area contributed by atoms with Gasteiger partial charge in [0.1, 0.15) is 17.5 Å². The van der Waals surface area contributed by atoms with Gasteiger partial charge >= 0.3 is 0 Å². The van der Waals surface area contributed by atoms with Crippen LogP contribution >= 0.6 is 11.6 Å². The maximum atomic E-state index is 12.7. The Kier molecular flexibility index (Phi) is 3.66. The fourth-order valence-electron chi connectivity index (χ4n) is 3.46. The van der Waals surface area contributed by atoms with Crippen LogP contribution in [0.25, 0.3) is 22.0 Å². The minimum absolute atomic E-state index is 0.128. The minimum Gasteiger partial charge on any atom is -0.489 e. The molecule has 2 heterocycles. The molecule has 0 saturated heterocycles. The molecule has 27 heavy (non-hydrogen) atoms. The number of benzene rings is 2. The molecule has 4 aromatic rings. The van der Waals surface area contributed by atoms with E-state index in [1.807, 2.05) is 54.6 Å². The zero-order valence-electron chi connectivity index (χ0n) is 14.1. The lowest BCUT2D eigenvalue weighted by molar-refractivity contribution is 0.104. The van der Waals surface area contributed by atoms with Crippen molar-refractivity contribution in [2.24, 2.45) is 0 Å². The molecular formula is C22H13ClN2O2. The third-order valence-electron chi connectivity index (χ3n) is 4.72. The van der Waals surface area contributed by atoms with E-state index in [-0.39, 0.29) is 10.9 Å². The van der Waals surface area contributed by atoms with Gasteiger partial charge in [-0.2, -0.15) is 0 Å². The van der Waals surface area contributed by atoms with Crippen LogP contribution in [0, 0.1) is 0 Å². The Morgan fingerprint density at radius 2 is 1.81 bits per heavy atom. The summed E-state index contributed by atoms with van der Waals surface area (Å²) in [6, 6.07) is 17.5. The average Bonchev–Trinajstić information content (AvgIpc) is 3.01. The number of ketones is 1. The summed E-state index contributed by atoms with van der Waals surface area (Å²) in [6.07, 6.45) is 3.26. The molecule has 2 aromatic heterocycles. The Bertz CT molecular complexity index is 1210. The first kappa shape index (κ1) is 16.0. The number of halogens is 1. The van der Waals surface area contributed by atoms with Crippen LogP contribution in [0.3, 0.4) is 0 Å². The van der Waals surface area contributed by atoms with Crippen LogP contribution in [0.5, 0.6) is 5.75 Å². The van der Waals surface area contributed by atoms with E-state index in [0.29, 0.717) is 29.0 Å². The standard InChI is InChI=1S/C22H13ClN2O2/c23-22-20-19(15-8-9-24-11-17(15)21(20)26)16-7-6-14(10-18(16)25-22)27-12-13-4-2-1-3-5-13/h1-11H,12H2. The second kappa shape index (κ2) is 6.18. The summed E-state index contributed by atoms with van der Waals surface area (Å²) in [5.41, 5.74) is 4.46. The normalized spacial score (nSPS) is 12.1. The van der Waals surface area contributed by atoms with Crippen LogP contribution in [0.1, 0.15) is 21.5 Å². The molecule has 4 nitrogen and oxygen atoms in total. The van der Waals surface area contributed by atoms with E-state index < -0.39 is 0 Å². The second-order valence-corrected chi connectivity index (χ2v) is 6.71. The van der Waals surface area contributed by atoms with Crippen molar-refractivity contribution in [1.82, 2.24) is 9.97 Å². The molecule has 0 fully saturated rings. The molecule has 0 saturated carbocycles. The Morgan fingerprint density at radius 3 is 2.67 bits per heavy atom. The number of carbonyl (C=O) groups excluding carboxylic acids is 1. The monoisotopic (exact) mass is 372 g/mol. The maximum Gasteiger partial charge on any atom is 0.198 e. The van der Waals surface area contributed by atoms with Gasteiger partial charge in [-0.15, -0.1) is 0 Å². The number of ether oxygens (including phenoxy) is 1. The Labute approximate surface area is 160 Å². The van der Waals surface area contributed by atoms with Crippen LogP contribution in [-0.2, 0) is 6.61 Å². The van der Waals surface area contributed by atoms with Crippen molar-refractivity contribution in [2.75, 3.05) is 0 Å². The molecule has 0 amide bonds. The first-order valence-corrected chi connectivity index (χ1v) is 8.89. The van der Waals surface area contributed by atoms with Crippen LogP contribution in [-0.4, -0.2) is 15.8 Å². The molecule has 0 bridgehead atoms. The van der Waals surface area contributed by atoms with Crippen LogP contribution in [0.15, 0.2) is 67.0 Å². The third kappa shape index (κ3) is 2.57. The molecular weight excluding hydrogens is 360 g/mol. The van der Waals surface area contributed by atoms with Gasteiger partial charge in [0.05, 0.1) is 11.1 Å². The second-order valence-electron chi connectivity index (χ2n) is 6.36. The highest BCUT2D eigenvalue weighted by Gasteiger charge is 2.31. The van der Waals surface area contributed by atoms with E-state index in [4.69, 9.17) is 16.3 Å². The van der Waals surface area contributed by atoms with Crippen molar-refractivity contribution >= 4 is 28.3 Å². The van der Waals surface area contributed by atoms with Gasteiger partial charge in [0, 0.05) is 35.0 Å². The van der Waals surface area contributed by atoms with E-state index in [1.165, 1.54) is 0 Å². The molecule has 1 aliphatic rings. The SMILES string of the molecule is O=C1c2cnccc2-c2c1c(Cl)nc1cc(OCc3ccccc3)ccc21. The van der Waals surface area contributed by atoms with E-state index >= 15 is 0 Å². The van der Waals surface area contributed by atoms with Gasteiger partial charge in [-0.1, -0.05) is 41.9 Å². The Morgan fingerprint density at radius 1 is 0.963 bits per heavy atom. The van der Waals surface area contributed by atoms with Crippen molar-refractivity contribution in [3.05, 3.63) is 88.8 Å². The first-order valence-electron chi connectivity index (χ1n) is 8.51. The molecule has 1 aliphatic carbocycles. The molecule has 5 heteroatoms. The fourth-order valence-corrected chi connectivity index (χ4v) is 3.73. The molecule has 130 valence electrons. The lowest BCUT2D eigenvalue weighted by atomic mass is 10.0. The quantitative estimate of drug-likeness (QED) is 0.415. The van der Waals surface area contributed by atoms with Gasteiger partial charge in [-0.25, -0.2) is 4.98 Å². The largest absolute Gasteiger partial charge is 0.489 e. The summed E-state index contributed by atoms with van der Waals surface area (Å²) in [7, 11) is 0. The molecule has 0 aliphatic heterocycles. The zero-order chi connectivity index (χ0) is 18.4. The predicted molar refractivity (Wildman–Crippen MR) is 104 cm³/mol. The topological polar surface area (TPSA) is 52.1 Å². The number of rotatable bonds is 3. The number of hydrogen-bond acceptors (Lipinski definition) is 4. The van der Waals surface area contributed by atoms with E-state index in [2.05, 4.69) is 9.97 Å². The molecule has 2 aromatic carbocycles. The molecule has 0 radical (unpaired) electrons. The molecule has 0 spiro atoms. The number of carbonyl (C=O) groups is 1. The number of hydrogen-bond donors (Lipinski definition) is 0. The van der Waals surface area contributed by atoms with Crippen molar-refractivity contribution in [1.29, 1.82) is 0 Å². The summed E-state index contributed by atoms with van der Waals surface area (Å²) in [4.78, 5) is 21.2. The number of fused-ring (bicyclic) bond motifs is 5. The molecule has 0 N–H and O–H groups in total. The average molecular weight is 373 g/mol. The summed E-state index contributed by atoms with van der Waals surface area (Å²) >= 11 is 6.37. The van der Waals surface area contributed by atoms with Gasteiger partial charge < -0.3 is 4.74 Å². The predicted octanol–water partition coefficient (Wildman–Crippen LogP) is 5.07. The number of nitrogens with zero attached hydrogens (tertiary/aromatic N) is 2. The van der Waals surface area contributed by atoms with Gasteiger partial charge in [0.2, 0.25) is 0 Å². The molecule has 0 atom stereocenters. The highest BCUT2D eigenvalue weighted by atomic mass is 35.5. The van der Waals surface area contributed by atoms with Crippen molar-refractivity contribution in [2.45, 2.75) is 6.61 Å². The summed E-state index contributed by atoms with van der Waals surface area (Å²) in [6.45, 7) is 0.470. The Hall–Kier alpha value is -3.24. The van der Waals surface area contributed by atoms with E-state index in [1.54, 1.807) is 12.4 Å². The fraction of sp³-hybridized carbons (Fsp3) is 0.0455. The van der Waals surface area contributed by atoms with Crippen LogP contribution < -0.4 is 4.74 Å². The van der Waals surface area contributed by atoms with Crippen molar-refractivity contribution in [3.8, 4) is 16.9 Å². The number of pyridine rings is 2. The Balaban J connectivity index is 1.60. The van der Waals surface area contributed by atoms with Crippen molar-refractivity contribution in [3.63, 3.8) is 0 Å². The van der Waals surface area contributed by atoms with E-state index in [0.717, 1.165) is 22.1 Å². The zero-order valence-corrected chi connectivity index (χ0v) is 14.9. The lowest BCUT2D eigenvalue weighted by Gasteiger charge is -2.10. The first-order chi connectivity index (χ1) is 13.2. The van der Waals surface area contributed by atoms with Crippen LogP contribution in [0.4, 0.5) is 0 Å². The van der Waals surface area contributed by atoms with Gasteiger partial charge in [-0.05, 0) is 29.3 Å². The van der Waals surface area contributed by atoms with Gasteiger partial charge in [0.15, 0.2) is 5.78 Å². The summed E-state index contributed by atoms with van der Waals surface area (Å²) < 4.78 is 5.89. The van der Waals surface area contributed by atoms with Crippen molar-refractivity contribution < 1.29 is 9.53 Å². The van der Waals surface area contributed by atoms with Crippen LogP contribution in [0.2, 0.25) is 5.15 Å². The summed E-state index contributed by atoms with van der Waals surface area (Å²) in [5, 5.41) is 1.08. The minimum atomic E-state index is -0.128. The molecule has 5 rings (SSSR count). The summed E-state index contributed by atoms with van der Waals surface area (Å²) in [5.74, 6) is 0.575. The third-order valence-corrected chi connectivity index (χ3v) is 5.00. The maximum absolute atomic E-state index is 12.7. The lowest BCUT2D eigenvalue weighted by Crippen LogP contribution is -1.99. The van der Waals surface area contributed by atoms with Gasteiger partial charge in [0.25, 0.3) is 0 Å². The van der Waals surface area contributed by atoms with Gasteiger partial charge in [-0.3, -0.25) is 9.78 Å². The number of aromatic nitrogens is 2. The highest BCUT2D eigenvalue weighted by molar-refractivity contribution is 6.38.